The van der Waals surface area contributed by atoms with E-state index in [4.69, 9.17) is 4.74 Å². The molecule has 3 aliphatic rings. The van der Waals surface area contributed by atoms with Crippen LogP contribution in [-0.2, 0) is 9.53 Å². The second-order valence-electron chi connectivity index (χ2n) is 6.74. The maximum atomic E-state index is 12.8. The van der Waals surface area contributed by atoms with E-state index in [2.05, 4.69) is 0 Å². The number of amides is 2. The van der Waals surface area contributed by atoms with E-state index in [0.29, 0.717) is 25.6 Å². The summed E-state index contributed by atoms with van der Waals surface area (Å²) in [5, 5.41) is 9.54. The molecule has 0 aromatic heterocycles. The lowest BCUT2D eigenvalue weighted by atomic mass is 9.94. The smallest absolute Gasteiger partial charge is 0.326 e. The Bertz CT molecular complexity index is 431. The minimum atomic E-state index is -0.855. The van der Waals surface area contributed by atoms with Crippen molar-refractivity contribution in [3.63, 3.8) is 0 Å². The Hall–Kier alpha value is -1.30. The molecule has 2 aliphatic heterocycles. The van der Waals surface area contributed by atoms with Crippen molar-refractivity contribution >= 4 is 12.0 Å². The topological polar surface area (TPSA) is 70.1 Å². The van der Waals surface area contributed by atoms with Crippen LogP contribution in [0.4, 0.5) is 4.79 Å². The van der Waals surface area contributed by atoms with Gasteiger partial charge in [-0.15, -0.1) is 0 Å². The predicted molar refractivity (Wildman–Crippen MR) is 75.9 cm³/mol. The molecule has 6 nitrogen and oxygen atoms in total. The van der Waals surface area contributed by atoms with Crippen LogP contribution >= 0.6 is 0 Å². The van der Waals surface area contributed by atoms with Gasteiger partial charge in [0.05, 0.1) is 12.2 Å². The van der Waals surface area contributed by atoms with Crippen LogP contribution in [0.5, 0.6) is 0 Å². The molecule has 118 valence electrons. The Morgan fingerprint density at radius 2 is 1.76 bits per heavy atom. The largest absolute Gasteiger partial charge is 0.480 e. The van der Waals surface area contributed by atoms with Crippen molar-refractivity contribution in [1.29, 1.82) is 0 Å². The van der Waals surface area contributed by atoms with Gasteiger partial charge in [0, 0.05) is 19.6 Å². The molecule has 2 heterocycles. The second kappa shape index (κ2) is 5.48. The maximum Gasteiger partial charge on any atom is 0.326 e. The van der Waals surface area contributed by atoms with Gasteiger partial charge in [-0.1, -0.05) is 6.42 Å². The van der Waals surface area contributed by atoms with Crippen LogP contribution in [0.25, 0.3) is 0 Å². The number of morpholine rings is 1. The van der Waals surface area contributed by atoms with Crippen molar-refractivity contribution in [3.05, 3.63) is 0 Å². The van der Waals surface area contributed by atoms with Crippen molar-refractivity contribution < 1.29 is 19.4 Å². The highest BCUT2D eigenvalue weighted by Gasteiger charge is 2.50. The first-order valence-corrected chi connectivity index (χ1v) is 7.91. The van der Waals surface area contributed by atoms with Crippen LogP contribution in [0.1, 0.15) is 33.1 Å². The van der Waals surface area contributed by atoms with E-state index in [9.17, 15) is 14.7 Å². The third kappa shape index (κ3) is 2.61. The van der Waals surface area contributed by atoms with Crippen molar-refractivity contribution in [2.24, 2.45) is 11.8 Å². The molecule has 1 aliphatic carbocycles. The van der Waals surface area contributed by atoms with Crippen LogP contribution in [0.3, 0.4) is 0 Å². The highest BCUT2D eigenvalue weighted by Crippen LogP contribution is 2.42. The quantitative estimate of drug-likeness (QED) is 0.794. The molecular weight excluding hydrogens is 272 g/mol. The minimum Gasteiger partial charge on any atom is -0.480 e. The molecule has 1 saturated carbocycles. The zero-order valence-electron chi connectivity index (χ0n) is 12.7. The van der Waals surface area contributed by atoms with Crippen LogP contribution in [0, 0.1) is 11.8 Å². The van der Waals surface area contributed by atoms with Crippen LogP contribution in [-0.4, -0.2) is 64.8 Å². The molecule has 2 saturated heterocycles. The number of aliphatic carboxylic acids is 1. The lowest BCUT2D eigenvalue weighted by molar-refractivity contribution is -0.143. The fourth-order valence-corrected chi connectivity index (χ4v) is 4.33. The maximum absolute atomic E-state index is 12.8. The second-order valence-corrected chi connectivity index (χ2v) is 6.74. The number of fused-ring (bicyclic) bond motifs is 1. The number of ether oxygens (including phenoxy) is 1. The summed E-state index contributed by atoms with van der Waals surface area (Å²) in [6, 6.07) is -0.766. The number of likely N-dealkylation sites (tertiary alicyclic amines) is 1. The molecule has 21 heavy (non-hydrogen) atoms. The van der Waals surface area contributed by atoms with Crippen molar-refractivity contribution in [3.8, 4) is 0 Å². The number of carbonyl (C=O) groups is 2. The first-order valence-electron chi connectivity index (χ1n) is 7.91. The number of carbonyl (C=O) groups excluding carboxylic acids is 1. The zero-order chi connectivity index (χ0) is 15.1. The summed E-state index contributed by atoms with van der Waals surface area (Å²) in [6.45, 7) is 5.58. The summed E-state index contributed by atoms with van der Waals surface area (Å²) < 4.78 is 5.65. The average molecular weight is 296 g/mol. The Morgan fingerprint density at radius 3 is 2.38 bits per heavy atom. The van der Waals surface area contributed by atoms with E-state index in [0.717, 1.165) is 19.3 Å². The van der Waals surface area contributed by atoms with E-state index in [1.807, 2.05) is 13.8 Å². The fourth-order valence-electron chi connectivity index (χ4n) is 4.33. The van der Waals surface area contributed by atoms with Gasteiger partial charge in [0.15, 0.2) is 0 Å². The summed E-state index contributed by atoms with van der Waals surface area (Å²) >= 11 is 0. The predicted octanol–water partition coefficient (Wildman–Crippen LogP) is 1.40. The lowest BCUT2D eigenvalue weighted by Crippen LogP contribution is -2.55. The van der Waals surface area contributed by atoms with E-state index < -0.39 is 12.0 Å². The van der Waals surface area contributed by atoms with Gasteiger partial charge < -0.3 is 19.6 Å². The molecule has 0 bridgehead atoms. The van der Waals surface area contributed by atoms with Gasteiger partial charge in [-0.25, -0.2) is 9.59 Å². The number of carboxylic acid groups (broad SMARTS) is 1. The number of urea groups is 1. The molecule has 0 aromatic rings. The SMILES string of the molecule is C[C@@H]1CN(C(=O)N2CC3CCCC3C2C(=O)O)C[C@H](C)O1. The molecule has 0 spiro atoms. The van der Waals surface area contributed by atoms with Crippen LogP contribution in [0.15, 0.2) is 0 Å². The first kappa shape index (κ1) is 14.6. The number of hydrogen-bond donors (Lipinski definition) is 1. The Balaban J connectivity index is 1.75. The van der Waals surface area contributed by atoms with Gasteiger partial charge in [0.25, 0.3) is 0 Å². The normalized spacial score (nSPS) is 39.4. The highest BCUT2D eigenvalue weighted by atomic mass is 16.5. The molecule has 3 rings (SSSR count). The summed E-state index contributed by atoms with van der Waals surface area (Å²) in [7, 11) is 0. The van der Waals surface area contributed by atoms with E-state index in [1.54, 1.807) is 9.80 Å². The summed E-state index contributed by atoms with van der Waals surface area (Å²) in [5.41, 5.74) is 0. The van der Waals surface area contributed by atoms with Crippen LogP contribution < -0.4 is 0 Å². The third-order valence-electron chi connectivity index (χ3n) is 5.08. The summed E-state index contributed by atoms with van der Waals surface area (Å²) in [6.07, 6.45) is 3.08. The van der Waals surface area contributed by atoms with Gasteiger partial charge in [-0.05, 0) is 38.5 Å². The fraction of sp³-hybridized carbons (Fsp3) is 0.867. The van der Waals surface area contributed by atoms with Gasteiger partial charge >= 0.3 is 12.0 Å². The van der Waals surface area contributed by atoms with Gasteiger partial charge in [0.2, 0.25) is 0 Å². The molecule has 2 amide bonds. The monoisotopic (exact) mass is 296 g/mol. The van der Waals surface area contributed by atoms with E-state index in [-0.39, 0.29) is 24.2 Å². The molecule has 6 heteroatoms. The zero-order valence-corrected chi connectivity index (χ0v) is 12.7. The molecule has 3 unspecified atom stereocenters. The standard InChI is InChI=1S/C15H24N2O4/c1-9-6-16(7-10(2)21-9)15(20)17-8-11-4-3-5-12(11)13(17)14(18)19/h9-13H,3-8H2,1-2H3,(H,18,19)/t9-,10+,11?,12?,13?. The molecule has 3 fully saturated rings. The Morgan fingerprint density at radius 1 is 1.10 bits per heavy atom. The van der Waals surface area contributed by atoms with Gasteiger partial charge in [0.1, 0.15) is 6.04 Å². The molecule has 5 atom stereocenters. The first-order chi connectivity index (χ1) is 9.97. The van der Waals surface area contributed by atoms with E-state index >= 15 is 0 Å². The molecule has 0 aromatic carbocycles. The highest BCUT2D eigenvalue weighted by molar-refractivity contribution is 5.84. The Labute approximate surface area is 125 Å². The lowest BCUT2D eigenvalue weighted by Gasteiger charge is -2.38. The minimum absolute atomic E-state index is 0.00285. The Kier molecular flexibility index (Phi) is 3.82. The van der Waals surface area contributed by atoms with Gasteiger partial charge in [-0.2, -0.15) is 0 Å². The summed E-state index contributed by atoms with van der Waals surface area (Å²) in [5.74, 6) is -0.347. The molecule has 0 radical (unpaired) electrons. The summed E-state index contributed by atoms with van der Waals surface area (Å²) in [4.78, 5) is 27.8. The average Bonchev–Trinajstić information content (AvgIpc) is 2.95. The number of carboxylic acids is 1. The number of nitrogens with zero attached hydrogens (tertiary/aromatic N) is 2. The van der Waals surface area contributed by atoms with Crippen molar-refractivity contribution in [2.45, 2.75) is 51.4 Å². The van der Waals surface area contributed by atoms with Crippen LogP contribution in [0.2, 0.25) is 0 Å². The number of rotatable bonds is 1. The van der Waals surface area contributed by atoms with Crippen molar-refractivity contribution in [2.75, 3.05) is 19.6 Å². The van der Waals surface area contributed by atoms with E-state index in [1.165, 1.54) is 0 Å². The van der Waals surface area contributed by atoms with Crippen molar-refractivity contribution in [1.82, 2.24) is 9.80 Å². The molecular formula is C15H24N2O4. The molecule has 1 N–H and O–H groups in total. The number of hydrogen-bond acceptors (Lipinski definition) is 3. The van der Waals surface area contributed by atoms with Gasteiger partial charge in [-0.3, -0.25) is 0 Å². The third-order valence-corrected chi connectivity index (χ3v) is 5.08.